The summed E-state index contributed by atoms with van der Waals surface area (Å²) in [5, 5.41) is 9.98. The average molecular weight is 258 g/mol. The normalized spacial score (nSPS) is 10.2. The van der Waals surface area contributed by atoms with Crippen molar-refractivity contribution >= 4 is 0 Å². The maximum atomic E-state index is 9.98. The van der Waals surface area contributed by atoms with Gasteiger partial charge in [0, 0.05) is 6.07 Å². The number of benzene rings is 2. The third-order valence-corrected chi connectivity index (χ3v) is 3.11. The summed E-state index contributed by atoms with van der Waals surface area (Å²) in [6, 6.07) is 13.6. The van der Waals surface area contributed by atoms with Crippen molar-refractivity contribution in [1.29, 1.82) is 0 Å². The molecule has 0 aromatic heterocycles. The van der Waals surface area contributed by atoms with Gasteiger partial charge in [0.1, 0.15) is 5.75 Å². The van der Waals surface area contributed by atoms with Crippen molar-refractivity contribution in [2.75, 3.05) is 14.2 Å². The van der Waals surface area contributed by atoms with Crippen molar-refractivity contribution in [3.63, 3.8) is 0 Å². The first-order chi connectivity index (χ1) is 9.24. The maximum absolute atomic E-state index is 9.98. The highest BCUT2D eigenvalue weighted by Crippen LogP contribution is 2.34. The van der Waals surface area contributed by atoms with Crippen molar-refractivity contribution in [2.45, 2.75) is 12.8 Å². The number of aromatic hydroxyl groups is 1. The highest BCUT2D eigenvalue weighted by Gasteiger charge is 2.10. The van der Waals surface area contributed by atoms with Gasteiger partial charge in [0.15, 0.2) is 11.5 Å². The van der Waals surface area contributed by atoms with Crippen LogP contribution in [0.3, 0.4) is 0 Å². The summed E-state index contributed by atoms with van der Waals surface area (Å²) in [4.78, 5) is 0. The van der Waals surface area contributed by atoms with Crippen LogP contribution in [-0.4, -0.2) is 19.3 Å². The summed E-state index contributed by atoms with van der Waals surface area (Å²) < 4.78 is 10.4. The van der Waals surface area contributed by atoms with Gasteiger partial charge in [-0.05, 0) is 30.0 Å². The van der Waals surface area contributed by atoms with Gasteiger partial charge < -0.3 is 14.6 Å². The van der Waals surface area contributed by atoms with Gasteiger partial charge in [0.25, 0.3) is 0 Å². The van der Waals surface area contributed by atoms with Gasteiger partial charge in [-0.3, -0.25) is 0 Å². The molecule has 0 radical (unpaired) electrons. The third-order valence-electron chi connectivity index (χ3n) is 3.11. The lowest BCUT2D eigenvalue weighted by molar-refractivity contribution is 0.350. The van der Waals surface area contributed by atoms with E-state index in [-0.39, 0.29) is 5.75 Å². The van der Waals surface area contributed by atoms with Crippen LogP contribution in [-0.2, 0) is 12.8 Å². The molecule has 0 aliphatic rings. The standard InChI is InChI=1S/C16H18O3/c1-18-15-10-13(14(17)11-16(15)19-2)9-8-12-6-4-3-5-7-12/h3-7,10-11,17H,8-9H2,1-2H3. The Labute approximate surface area is 113 Å². The van der Waals surface area contributed by atoms with Gasteiger partial charge in [0.05, 0.1) is 14.2 Å². The Morgan fingerprint density at radius 3 is 2.16 bits per heavy atom. The Balaban J connectivity index is 2.16. The first kappa shape index (κ1) is 13.3. The fourth-order valence-electron chi connectivity index (χ4n) is 2.03. The molecular formula is C16H18O3. The molecule has 2 rings (SSSR count). The van der Waals surface area contributed by atoms with E-state index in [0.717, 1.165) is 18.4 Å². The van der Waals surface area contributed by atoms with Crippen LogP contribution in [0.4, 0.5) is 0 Å². The number of rotatable bonds is 5. The largest absolute Gasteiger partial charge is 0.508 e. The lowest BCUT2D eigenvalue weighted by Crippen LogP contribution is -1.96. The van der Waals surface area contributed by atoms with Crippen LogP contribution in [0.5, 0.6) is 17.2 Å². The Bertz CT molecular complexity index is 535. The summed E-state index contributed by atoms with van der Waals surface area (Å²) in [6.07, 6.45) is 1.64. The molecular weight excluding hydrogens is 240 g/mol. The van der Waals surface area contributed by atoms with E-state index in [9.17, 15) is 5.11 Å². The lowest BCUT2D eigenvalue weighted by atomic mass is 10.0. The van der Waals surface area contributed by atoms with Gasteiger partial charge >= 0.3 is 0 Å². The van der Waals surface area contributed by atoms with Crippen molar-refractivity contribution in [3.8, 4) is 17.2 Å². The summed E-state index contributed by atoms with van der Waals surface area (Å²) in [7, 11) is 3.15. The van der Waals surface area contributed by atoms with Crippen LogP contribution in [0.1, 0.15) is 11.1 Å². The van der Waals surface area contributed by atoms with Gasteiger partial charge in [-0.2, -0.15) is 0 Å². The maximum Gasteiger partial charge on any atom is 0.164 e. The number of phenolic OH excluding ortho intramolecular Hbond substituents is 1. The Morgan fingerprint density at radius 1 is 0.895 bits per heavy atom. The van der Waals surface area contributed by atoms with Gasteiger partial charge in [-0.15, -0.1) is 0 Å². The number of hydrogen-bond acceptors (Lipinski definition) is 3. The summed E-state index contributed by atoms with van der Waals surface area (Å²) in [6.45, 7) is 0. The fraction of sp³-hybridized carbons (Fsp3) is 0.250. The van der Waals surface area contributed by atoms with E-state index < -0.39 is 0 Å². The minimum absolute atomic E-state index is 0.244. The number of ether oxygens (including phenoxy) is 2. The van der Waals surface area contributed by atoms with Gasteiger partial charge in [0.2, 0.25) is 0 Å². The molecule has 0 saturated heterocycles. The molecule has 2 aromatic rings. The van der Waals surface area contributed by atoms with Gasteiger partial charge in [-0.25, -0.2) is 0 Å². The van der Waals surface area contributed by atoms with Crippen LogP contribution in [0.15, 0.2) is 42.5 Å². The molecule has 0 atom stereocenters. The molecule has 0 aliphatic heterocycles. The SMILES string of the molecule is COc1cc(O)c(CCc2ccccc2)cc1OC. The van der Waals surface area contributed by atoms with E-state index in [0.29, 0.717) is 11.5 Å². The van der Waals surface area contributed by atoms with E-state index in [2.05, 4.69) is 12.1 Å². The van der Waals surface area contributed by atoms with Crippen LogP contribution in [0, 0.1) is 0 Å². The molecule has 0 saturated carbocycles. The Kier molecular flexibility index (Phi) is 4.29. The molecule has 100 valence electrons. The highest BCUT2D eigenvalue weighted by atomic mass is 16.5. The van der Waals surface area contributed by atoms with Crippen LogP contribution >= 0.6 is 0 Å². The van der Waals surface area contributed by atoms with E-state index in [1.807, 2.05) is 24.3 Å². The van der Waals surface area contributed by atoms with Crippen LogP contribution in [0.2, 0.25) is 0 Å². The summed E-state index contributed by atoms with van der Waals surface area (Å²) >= 11 is 0. The fourth-order valence-corrected chi connectivity index (χ4v) is 2.03. The van der Waals surface area contributed by atoms with E-state index in [1.54, 1.807) is 20.3 Å². The predicted molar refractivity (Wildman–Crippen MR) is 75.1 cm³/mol. The molecule has 0 heterocycles. The second kappa shape index (κ2) is 6.14. The monoisotopic (exact) mass is 258 g/mol. The number of methoxy groups -OCH3 is 2. The minimum Gasteiger partial charge on any atom is -0.508 e. The molecule has 3 heteroatoms. The molecule has 0 aliphatic carbocycles. The van der Waals surface area contributed by atoms with E-state index in [4.69, 9.17) is 9.47 Å². The highest BCUT2D eigenvalue weighted by molar-refractivity contribution is 5.50. The van der Waals surface area contributed by atoms with E-state index in [1.165, 1.54) is 5.56 Å². The number of aryl methyl sites for hydroxylation is 2. The predicted octanol–water partition coefficient (Wildman–Crippen LogP) is 3.19. The van der Waals surface area contributed by atoms with Crippen molar-refractivity contribution < 1.29 is 14.6 Å². The second-order valence-electron chi connectivity index (χ2n) is 4.32. The molecule has 0 unspecified atom stereocenters. The molecule has 0 spiro atoms. The molecule has 3 nitrogen and oxygen atoms in total. The molecule has 1 N–H and O–H groups in total. The number of hydrogen-bond donors (Lipinski definition) is 1. The van der Waals surface area contributed by atoms with E-state index >= 15 is 0 Å². The lowest BCUT2D eigenvalue weighted by Gasteiger charge is -2.11. The second-order valence-corrected chi connectivity index (χ2v) is 4.32. The molecule has 0 bridgehead atoms. The zero-order valence-electron chi connectivity index (χ0n) is 11.2. The first-order valence-corrected chi connectivity index (χ1v) is 6.22. The first-order valence-electron chi connectivity index (χ1n) is 6.22. The van der Waals surface area contributed by atoms with Gasteiger partial charge in [-0.1, -0.05) is 30.3 Å². The topological polar surface area (TPSA) is 38.7 Å². The van der Waals surface area contributed by atoms with Crippen LogP contribution in [0.25, 0.3) is 0 Å². The molecule has 2 aromatic carbocycles. The molecule has 0 amide bonds. The smallest absolute Gasteiger partial charge is 0.164 e. The summed E-state index contributed by atoms with van der Waals surface area (Å²) in [5.41, 5.74) is 2.11. The molecule has 19 heavy (non-hydrogen) atoms. The summed E-state index contributed by atoms with van der Waals surface area (Å²) in [5.74, 6) is 1.43. The Morgan fingerprint density at radius 2 is 1.53 bits per heavy atom. The Hall–Kier alpha value is -2.16. The molecule has 0 fully saturated rings. The zero-order valence-corrected chi connectivity index (χ0v) is 11.2. The van der Waals surface area contributed by atoms with Crippen molar-refractivity contribution in [3.05, 3.63) is 53.6 Å². The zero-order chi connectivity index (χ0) is 13.7. The quantitative estimate of drug-likeness (QED) is 0.895. The van der Waals surface area contributed by atoms with Crippen molar-refractivity contribution in [1.82, 2.24) is 0 Å². The van der Waals surface area contributed by atoms with Crippen LogP contribution < -0.4 is 9.47 Å². The number of phenols is 1. The van der Waals surface area contributed by atoms with Crippen molar-refractivity contribution in [2.24, 2.45) is 0 Å². The minimum atomic E-state index is 0.244. The third kappa shape index (κ3) is 3.19. The average Bonchev–Trinajstić information content (AvgIpc) is 2.46.